The number of thiazole rings is 1. The predicted octanol–water partition coefficient (Wildman–Crippen LogP) is 3.89. The average molecular weight is 392 g/mol. The lowest BCUT2D eigenvalue weighted by Crippen LogP contribution is -2.20. The highest BCUT2D eigenvalue weighted by molar-refractivity contribution is 7.07. The topological polar surface area (TPSA) is 85.6 Å². The monoisotopic (exact) mass is 392 g/mol. The molecule has 0 aliphatic rings. The number of anilines is 1. The number of rotatable bonds is 4. The molecule has 0 saturated heterocycles. The van der Waals surface area contributed by atoms with Gasteiger partial charge in [-0.2, -0.15) is 0 Å². The molecule has 1 amide bonds. The van der Waals surface area contributed by atoms with Gasteiger partial charge in [-0.1, -0.05) is 32.9 Å². The van der Waals surface area contributed by atoms with Crippen LogP contribution in [0.1, 0.15) is 26.6 Å². The van der Waals surface area contributed by atoms with E-state index in [9.17, 15) is 4.79 Å². The Labute approximate surface area is 166 Å². The Morgan fingerprint density at radius 3 is 2.57 bits per heavy atom. The van der Waals surface area contributed by atoms with Crippen molar-refractivity contribution in [2.75, 3.05) is 5.32 Å². The first kappa shape index (κ1) is 18.2. The molecule has 28 heavy (non-hydrogen) atoms. The smallest absolute Gasteiger partial charge is 0.244 e. The highest BCUT2D eigenvalue weighted by Gasteiger charge is 2.18. The van der Waals surface area contributed by atoms with E-state index in [0.29, 0.717) is 11.5 Å². The number of hydrogen-bond acceptors (Lipinski definition) is 6. The van der Waals surface area contributed by atoms with Crippen LogP contribution in [0.25, 0.3) is 22.6 Å². The van der Waals surface area contributed by atoms with Crippen LogP contribution in [-0.4, -0.2) is 30.4 Å². The van der Waals surface area contributed by atoms with E-state index >= 15 is 0 Å². The zero-order chi connectivity index (χ0) is 19.7. The van der Waals surface area contributed by atoms with E-state index in [4.69, 9.17) is 0 Å². The number of para-hydroxylation sites is 2. The summed E-state index contributed by atoms with van der Waals surface area (Å²) >= 11 is 1.50. The molecule has 3 aromatic heterocycles. The van der Waals surface area contributed by atoms with E-state index in [1.807, 2.05) is 55.0 Å². The van der Waals surface area contributed by atoms with Gasteiger partial charge >= 0.3 is 0 Å². The van der Waals surface area contributed by atoms with Gasteiger partial charge in [0.15, 0.2) is 5.82 Å². The van der Waals surface area contributed by atoms with Crippen molar-refractivity contribution in [3.05, 3.63) is 53.4 Å². The number of aromatic nitrogens is 5. The fourth-order valence-electron chi connectivity index (χ4n) is 2.88. The standard InChI is InChI=1S/C20H20N6OS/c1-20(2,3)19-21-8-13(9-22-19)24-17(27)10-26-16-7-5-4-6-14(16)25-18(26)15-11-28-12-23-15/h4-9,11-12H,10H2,1-3H3,(H,24,27). The van der Waals surface area contributed by atoms with Gasteiger partial charge in [0.05, 0.1) is 34.6 Å². The molecule has 4 aromatic rings. The number of nitrogens with one attached hydrogen (secondary N) is 1. The third kappa shape index (κ3) is 3.63. The Morgan fingerprint density at radius 2 is 1.89 bits per heavy atom. The SMILES string of the molecule is CC(C)(C)c1ncc(NC(=O)Cn2c(-c3cscn3)nc3ccccc32)cn1. The van der Waals surface area contributed by atoms with Gasteiger partial charge in [0.2, 0.25) is 5.91 Å². The van der Waals surface area contributed by atoms with Crippen LogP contribution in [0.2, 0.25) is 0 Å². The molecule has 0 radical (unpaired) electrons. The first-order valence-electron chi connectivity index (χ1n) is 8.88. The van der Waals surface area contributed by atoms with Crippen LogP contribution >= 0.6 is 11.3 Å². The maximum atomic E-state index is 12.7. The summed E-state index contributed by atoms with van der Waals surface area (Å²) in [6.45, 7) is 6.26. The summed E-state index contributed by atoms with van der Waals surface area (Å²) in [6.07, 6.45) is 3.28. The summed E-state index contributed by atoms with van der Waals surface area (Å²) < 4.78 is 1.88. The van der Waals surface area contributed by atoms with Crippen molar-refractivity contribution in [2.24, 2.45) is 0 Å². The summed E-state index contributed by atoms with van der Waals surface area (Å²) in [6, 6.07) is 7.74. The molecule has 7 nitrogen and oxygen atoms in total. The number of carbonyl (C=O) groups excluding carboxylic acids is 1. The van der Waals surface area contributed by atoms with E-state index in [1.54, 1.807) is 17.9 Å². The van der Waals surface area contributed by atoms with Crippen molar-refractivity contribution in [1.29, 1.82) is 0 Å². The molecule has 0 unspecified atom stereocenters. The van der Waals surface area contributed by atoms with E-state index in [-0.39, 0.29) is 17.9 Å². The van der Waals surface area contributed by atoms with E-state index in [1.165, 1.54) is 11.3 Å². The first-order valence-corrected chi connectivity index (χ1v) is 9.82. The lowest BCUT2D eigenvalue weighted by Gasteiger charge is -2.16. The fourth-order valence-corrected chi connectivity index (χ4v) is 3.41. The maximum absolute atomic E-state index is 12.7. The van der Waals surface area contributed by atoms with E-state index in [2.05, 4.69) is 25.3 Å². The molecular formula is C20H20N6OS. The molecule has 0 aliphatic heterocycles. The average Bonchev–Trinajstić information content (AvgIpc) is 3.30. The minimum atomic E-state index is -0.174. The molecule has 0 atom stereocenters. The number of carbonyl (C=O) groups is 1. The molecule has 142 valence electrons. The van der Waals surface area contributed by atoms with Crippen LogP contribution in [0.3, 0.4) is 0 Å². The highest BCUT2D eigenvalue weighted by atomic mass is 32.1. The number of imidazole rings is 1. The van der Waals surface area contributed by atoms with Crippen molar-refractivity contribution < 1.29 is 4.79 Å². The van der Waals surface area contributed by atoms with Gasteiger partial charge in [0, 0.05) is 10.8 Å². The molecule has 0 bridgehead atoms. The second-order valence-electron chi connectivity index (χ2n) is 7.48. The van der Waals surface area contributed by atoms with Gasteiger partial charge in [-0.15, -0.1) is 11.3 Å². The second kappa shape index (κ2) is 7.12. The number of hydrogen-bond donors (Lipinski definition) is 1. The largest absolute Gasteiger partial charge is 0.322 e. The van der Waals surface area contributed by atoms with Crippen molar-refractivity contribution in [1.82, 2.24) is 24.5 Å². The molecule has 1 aromatic carbocycles. The third-order valence-electron chi connectivity index (χ3n) is 4.22. The Kier molecular flexibility index (Phi) is 4.64. The zero-order valence-corrected chi connectivity index (χ0v) is 16.7. The number of fused-ring (bicyclic) bond motifs is 1. The van der Waals surface area contributed by atoms with Crippen LogP contribution in [0.5, 0.6) is 0 Å². The molecule has 0 fully saturated rings. The molecule has 8 heteroatoms. The quantitative estimate of drug-likeness (QED) is 0.569. The Balaban J connectivity index is 1.59. The minimum absolute atomic E-state index is 0.119. The van der Waals surface area contributed by atoms with Gasteiger partial charge < -0.3 is 9.88 Å². The van der Waals surface area contributed by atoms with Crippen LogP contribution < -0.4 is 5.32 Å². The molecule has 1 N–H and O–H groups in total. The Bertz CT molecular complexity index is 1110. The molecular weight excluding hydrogens is 372 g/mol. The molecule has 0 saturated carbocycles. The lowest BCUT2D eigenvalue weighted by molar-refractivity contribution is -0.116. The predicted molar refractivity (Wildman–Crippen MR) is 110 cm³/mol. The third-order valence-corrected chi connectivity index (χ3v) is 4.81. The molecule has 3 heterocycles. The maximum Gasteiger partial charge on any atom is 0.244 e. The number of nitrogens with zero attached hydrogens (tertiary/aromatic N) is 5. The summed E-state index contributed by atoms with van der Waals surface area (Å²) in [5, 5.41) is 4.79. The summed E-state index contributed by atoms with van der Waals surface area (Å²) in [4.78, 5) is 30.4. The number of benzene rings is 1. The van der Waals surface area contributed by atoms with Gasteiger partial charge in [-0.3, -0.25) is 4.79 Å². The lowest BCUT2D eigenvalue weighted by atomic mass is 9.96. The van der Waals surface area contributed by atoms with Crippen LogP contribution in [0.15, 0.2) is 47.5 Å². The van der Waals surface area contributed by atoms with Crippen LogP contribution in [0.4, 0.5) is 5.69 Å². The van der Waals surface area contributed by atoms with Crippen molar-refractivity contribution in [2.45, 2.75) is 32.7 Å². The Morgan fingerprint density at radius 1 is 1.14 bits per heavy atom. The van der Waals surface area contributed by atoms with Gasteiger partial charge in [0.25, 0.3) is 0 Å². The molecule has 4 rings (SSSR count). The summed E-state index contributed by atoms with van der Waals surface area (Å²) in [5.74, 6) is 1.24. The second-order valence-corrected chi connectivity index (χ2v) is 8.20. The van der Waals surface area contributed by atoms with Gasteiger partial charge in [0.1, 0.15) is 18.1 Å². The van der Waals surface area contributed by atoms with E-state index in [0.717, 1.165) is 22.6 Å². The first-order chi connectivity index (χ1) is 13.4. The molecule has 0 spiro atoms. The van der Waals surface area contributed by atoms with Crippen molar-refractivity contribution >= 4 is 34.0 Å². The fraction of sp³-hybridized carbons (Fsp3) is 0.250. The zero-order valence-electron chi connectivity index (χ0n) is 15.9. The van der Waals surface area contributed by atoms with Crippen molar-refractivity contribution in [3.63, 3.8) is 0 Å². The van der Waals surface area contributed by atoms with Crippen LogP contribution in [0, 0.1) is 0 Å². The normalized spacial score (nSPS) is 11.7. The highest BCUT2D eigenvalue weighted by Crippen LogP contribution is 2.25. The van der Waals surface area contributed by atoms with E-state index < -0.39 is 0 Å². The van der Waals surface area contributed by atoms with Gasteiger partial charge in [-0.05, 0) is 12.1 Å². The van der Waals surface area contributed by atoms with Crippen LogP contribution in [-0.2, 0) is 16.8 Å². The summed E-state index contributed by atoms with van der Waals surface area (Å²) in [5.41, 5.74) is 4.66. The number of amides is 1. The minimum Gasteiger partial charge on any atom is -0.322 e. The Hall–Kier alpha value is -3.13. The summed E-state index contributed by atoms with van der Waals surface area (Å²) in [7, 11) is 0. The molecule has 0 aliphatic carbocycles. The van der Waals surface area contributed by atoms with Gasteiger partial charge in [-0.25, -0.2) is 19.9 Å². The van der Waals surface area contributed by atoms with Crippen molar-refractivity contribution in [3.8, 4) is 11.5 Å².